The molecule has 308 valence electrons. The molecule has 4 aromatic heterocycles. The van der Waals surface area contributed by atoms with Crippen LogP contribution in [0.2, 0.25) is 10.0 Å². The maximum absolute atomic E-state index is 14.4. The highest BCUT2D eigenvalue weighted by Crippen LogP contribution is 2.30. The van der Waals surface area contributed by atoms with E-state index in [4.69, 9.17) is 34.8 Å². The minimum atomic E-state index is -0.335. The van der Waals surface area contributed by atoms with Crippen molar-refractivity contribution in [3.05, 3.63) is 106 Å². The van der Waals surface area contributed by atoms with Gasteiger partial charge in [-0.2, -0.15) is 10.2 Å². The Labute approximate surface area is 351 Å². The number of hydrogen-bond acceptors (Lipinski definition) is 8. The number of rotatable bonds is 5. The molecule has 17 heteroatoms. The summed E-state index contributed by atoms with van der Waals surface area (Å²) in [5.74, 6) is -0.762. The summed E-state index contributed by atoms with van der Waals surface area (Å²) in [6.45, 7) is 11.2. The maximum atomic E-state index is 14.4. The molecule has 0 aliphatic carbocycles. The Kier molecular flexibility index (Phi) is 14.9. The van der Waals surface area contributed by atoms with Gasteiger partial charge in [0.25, 0.3) is 0 Å². The number of aromatic nitrogens is 6. The molecule has 8 rings (SSSR count). The van der Waals surface area contributed by atoms with Crippen molar-refractivity contribution in [1.29, 1.82) is 0 Å². The topological polar surface area (TPSA) is 119 Å². The quantitative estimate of drug-likeness (QED) is 0.174. The van der Waals surface area contributed by atoms with Gasteiger partial charge in [-0.25, -0.2) is 8.78 Å². The molecular weight excluding hydrogens is 809 g/mol. The van der Waals surface area contributed by atoms with Crippen molar-refractivity contribution in [2.45, 2.75) is 53.8 Å². The number of halogens is 5. The van der Waals surface area contributed by atoms with E-state index < -0.39 is 0 Å². The second kappa shape index (κ2) is 19.6. The van der Waals surface area contributed by atoms with E-state index in [9.17, 15) is 18.4 Å². The molecule has 1 N–H and O–H groups in total. The van der Waals surface area contributed by atoms with E-state index >= 15 is 0 Å². The number of carbonyl (C=O) groups is 2. The molecule has 2 saturated heterocycles. The fraction of sp³-hybridized carbons (Fsp3) is 0.366. The lowest BCUT2D eigenvalue weighted by molar-refractivity contribution is -0.134. The summed E-state index contributed by atoms with van der Waals surface area (Å²) in [7, 11) is 0. The number of carbonyl (C=O) groups excluding carboxylic acids is 2. The van der Waals surface area contributed by atoms with E-state index in [2.05, 4.69) is 25.3 Å². The van der Waals surface area contributed by atoms with E-state index in [0.717, 1.165) is 32.9 Å². The van der Waals surface area contributed by atoms with Crippen LogP contribution in [0.1, 0.15) is 32.4 Å². The van der Waals surface area contributed by atoms with Gasteiger partial charge in [0.2, 0.25) is 11.8 Å². The van der Waals surface area contributed by atoms with Crippen LogP contribution in [0.25, 0.3) is 21.8 Å². The zero-order chi connectivity index (χ0) is 40.8. The minimum absolute atomic E-state index is 0. The van der Waals surface area contributed by atoms with Crippen LogP contribution in [0.4, 0.5) is 20.2 Å². The number of fused-ring (bicyclic) bond motifs is 2. The summed E-state index contributed by atoms with van der Waals surface area (Å²) in [5.41, 5.74) is 4.57. The number of hydrogen-bond donors (Lipinski definition) is 1. The number of aromatic amines is 1. The lowest BCUT2D eigenvalue weighted by atomic mass is 10.1. The van der Waals surface area contributed by atoms with Gasteiger partial charge < -0.3 is 19.6 Å². The number of nitrogens with one attached hydrogen (secondary N) is 1. The second-order valence-corrected chi connectivity index (χ2v) is 15.2. The predicted molar refractivity (Wildman–Crippen MR) is 228 cm³/mol. The highest BCUT2D eigenvalue weighted by molar-refractivity contribution is 6.31. The molecule has 2 aliphatic rings. The number of H-pyrrole nitrogens is 1. The Morgan fingerprint density at radius 1 is 0.759 bits per heavy atom. The number of alkyl halides is 1. The van der Waals surface area contributed by atoms with Crippen LogP contribution >= 0.6 is 34.8 Å². The molecule has 2 fully saturated rings. The first-order valence-electron chi connectivity index (χ1n) is 18.4. The van der Waals surface area contributed by atoms with Gasteiger partial charge in [-0.1, -0.05) is 30.6 Å². The zero-order valence-corrected chi connectivity index (χ0v) is 34.2. The van der Waals surface area contributed by atoms with E-state index in [-0.39, 0.29) is 55.4 Å². The Morgan fingerprint density at radius 3 is 1.83 bits per heavy atom. The summed E-state index contributed by atoms with van der Waals surface area (Å²) >= 11 is 17.5. The first kappa shape index (κ1) is 44.1. The molecule has 0 bridgehead atoms. The Morgan fingerprint density at radius 2 is 1.29 bits per heavy atom. The summed E-state index contributed by atoms with van der Waals surface area (Å²) in [6.07, 6.45) is 10.4. The number of amides is 2. The van der Waals surface area contributed by atoms with Crippen LogP contribution in [-0.2, 0) is 16.1 Å². The number of pyridine rings is 2. The van der Waals surface area contributed by atoms with Gasteiger partial charge in [0.05, 0.1) is 47.2 Å². The Bertz CT molecular complexity index is 2330. The fourth-order valence-corrected chi connectivity index (χ4v) is 7.44. The van der Waals surface area contributed by atoms with Gasteiger partial charge in [0.15, 0.2) is 0 Å². The molecule has 0 radical (unpaired) electrons. The number of anilines is 2. The average Bonchev–Trinajstić information content (AvgIpc) is 3.85. The molecular formula is C41H47Cl3F2N10O2. The smallest absolute Gasteiger partial charge is 0.244 e. The Hall–Kier alpha value is -5.05. The highest BCUT2D eigenvalue weighted by atomic mass is 35.5. The summed E-state index contributed by atoms with van der Waals surface area (Å²) in [6, 6.07) is 9.96. The van der Waals surface area contributed by atoms with Gasteiger partial charge in [-0.15, -0.1) is 11.6 Å². The van der Waals surface area contributed by atoms with Gasteiger partial charge in [-0.3, -0.25) is 29.3 Å². The molecule has 12 nitrogen and oxygen atoms in total. The van der Waals surface area contributed by atoms with Crippen molar-refractivity contribution >= 4 is 79.8 Å². The SMILES string of the molecule is C.Cc1cc(N2CCN(C(=O)CCl)[C@@H](C)C2)c(F)cc1Cl.Cc1cc(N2CCN(C(=O)Cn3ncc4ccncc43)[C@@H](C)C2)c(F)cc1Cl.c1cc2cn[nH]c2cn1. The molecule has 2 aliphatic heterocycles. The van der Waals surface area contributed by atoms with Crippen molar-refractivity contribution in [1.82, 2.24) is 39.7 Å². The summed E-state index contributed by atoms with van der Waals surface area (Å²) in [4.78, 5) is 40.0. The zero-order valence-electron chi connectivity index (χ0n) is 32.0. The number of nitrogens with zero attached hydrogens (tertiary/aromatic N) is 9. The molecule has 0 unspecified atom stereocenters. The van der Waals surface area contributed by atoms with Gasteiger partial charge >= 0.3 is 0 Å². The highest BCUT2D eigenvalue weighted by Gasteiger charge is 2.30. The van der Waals surface area contributed by atoms with Crippen molar-refractivity contribution in [2.75, 3.05) is 54.9 Å². The van der Waals surface area contributed by atoms with Crippen molar-refractivity contribution in [3.8, 4) is 0 Å². The third-order valence-corrected chi connectivity index (χ3v) is 11.2. The lowest BCUT2D eigenvalue weighted by Gasteiger charge is -2.41. The Balaban J connectivity index is 0.000000185. The molecule has 6 aromatic rings. The molecule has 2 aromatic carbocycles. The summed E-state index contributed by atoms with van der Waals surface area (Å²) < 4.78 is 30.1. The minimum Gasteiger partial charge on any atom is -0.365 e. The monoisotopic (exact) mass is 854 g/mol. The third-order valence-electron chi connectivity index (χ3n) is 10.1. The van der Waals surface area contributed by atoms with E-state index in [1.54, 1.807) is 58.9 Å². The molecule has 0 spiro atoms. The van der Waals surface area contributed by atoms with Crippen LogP contribution < -0.4 is 9.80 Å². The van der Waals surface area contributed by atoms with E-state index in [0.29, 0.717) is 60.7 Å². The van der Waals surface area contributed by atoms with E-state index in [1.165, 1.54) is 12.1 Å². The average molecular weight is 856 g/mol. The van der Waals surface area contributed by atoms with Crippen LogP contribution in [-0.4, -0.2) is 109 Å². The maximum Gasteiger partial charge on any atom is 0.244 e. The molecule has 6 heterocycles. The number of benzene rings is 2. The van der Waals surface area contributed by atoms with Crippen molar-refractivity contribution in [2.24, 2.45) is 0 Å². The van der Waals surface area contributed by atoms with Gasteiger partial charge in [-0.05, 0) is 75.2 Å². The predicted octanol–water partition coefficient (Wildman–Crippen LogP) is 7.93. The van der Waals surface area contributed by atoms with Crippen LogP contribution in [0.3, 0.4) is 0 Å². The first-order valence-corrected chi connectivity index (χ1v) is 19.7. The van der Waals surface area contributed by atoms with Gasteiger partial charge in [0, 0.05) is 84.6 Å². The van der Waals surface area contributed by atoms with Gasteiger partial charge in [0.1, 0.15) is 24.1 Å². The molecule has 0 saturated carbocycles. The van der Waals surface area contributed by atoms with Crippen molar-refractivity contribution < 1.29 is 18.4 Å². The van der Waals surface area contributed by atoms with Crippen LogP contribution in [0.5, 0.6) is 0 Å². The molecule has 58 heavy (non-hydrogen) atoms. The normalized spacial score (nSPS) is 16.6. The molecule has 2 amide bonds. The number of aryl methyl sites for hydroxylation is 2. The standard InChI is InChI=1S/C20H21ClFN5O.C14H17Cl2FN2O.C6H5N3.CH4/c1-13-7-18(17(22)8-16(13)21)25-5-6-26(14(2)11-25)20(28)12-27-19-10-23-4-3-15(19)9-24-27;1-9-5-13(12(17)6-11(9)16)18-3-4-19(10(2)8-18)14(20)7-15;1-2-7-4-6-5(1)3-8-9-6;/h3-4,7-10,14H,5-6,11-12H2,1-2H3;5-6,10H,3-4,7-8H2,1-2H3;1-4H,(H,8,9);1H4/t14-;10-;;/m00../s1. The van der Waals surface area contributed by atoms with Crippen LogP contribution in [0, 0.1) is 25.5 Å². The fourth-order valence-electron chi connectivity index (χ4n) is 6.98. The van der Waals surface area contributed by atoms with E-state index in [1.807, 2.05) is 54.5 Å². The van der Waals surface area contributed by atoms with Crippen LogP contribution in [0.15, 0.2) is 73.6 Å². The number of piperazine rings is 2. The molecule has 2 atom stereocenters. The third kappa shape index (κ3) is 10.1. The second-order valence-electron chi connectivity index (χ2n) is 14.1. The largest absolute Gasteiger partial charge is 0.365 e. The lowest BCUT2D eigenvalue weighted by Crippen LogP contribution is -2.55. The first-order chi connectivity index (χ1) is 27.3. The van der Waals surface area contributed by atoms with Crippen molar-refractivity contribution in [3.63, 3.8) is 0 Å². The summed E-state index contributed by atoms with van der Waals surface area (Å²) in [5, 5.41) is 13.8.